The molecule has 1 heterocycles. The number of rotatable bonds is 5. The Kier molecular flexibility index (Phi) is 5.22. The fourth-order valence-corrected chi connectivity index (χ4v) is 2.53. The average molecular weight is 301 g/mol. The largest absolute Gasteiger partial charge is 0.573 e. The van der Waals surface area contributed by atoms with Crippen LogP contribution in [0.2, 0.25) is 0 Å². The van der Waals surface area contributed by atoms with Crippen LogP contribution in [0.1, 0.15) is 24.8 Å². The van der Waals surface area contributed by atoms with E-state index < -0.39 is 6.36 Å². The summed E-state index contributed by atoms with van der Waals surface area (Å²) in [6, 6.07) is 5.47. The number of nitrogens with one attached hydrogen (secondary N) is 1. The molecular formula is C15H18F3NO2. The van der Waals surface area contributed by atoms with Gasteiger partial charge >= 0.3 is 6.36 Å². The summed E-state index contributed by atoms with van der Waals surface area (Å²) in [5, 5.41) is 3.26. The van der Waals surface area contributed by atoms with Gasteiger partial charge in [0.2, 0.25) is 0 Å². The fraction of sp³-hybridized carbons (Fsp3) is 0.533. The molecular weight excluding hydrogens is 283 g/mol. The molecule has 1 unspecified atom stereocenters. The molecule has 2 rings (SSSR count). The van der Waals surface area contributed by atoms with E-state index in [-0.39, 0.29) is 18.0 Å². The van der Waals surface area contributed by atoms with Crippen molar-refractivity contribution in [3.63, 3.8) is 0 Å². The second-order valence-corrected chi connectivity index (χ2v) is 5.32. The zero-order valence-corrected chi connectivity index (χ0v) is 11.6. The topological polar surface area (TPSA) is 38.3 Å². The number of ketones is 1. The van der Waals surface area contributed by atoms with Crippen molar-refractivity contribution in [1.82, 2.24) is 5.32 Å². The summed E-state index contributed by atoms with van der Waals surface area (Å²) < 4.78 is 39.9. The molecule has 0 aliphatic carbocycles. The summed E-state index contributed by atoms with van der Waals surface area (Å²) in [6.45, 7) is 1.87. The number of hydrogen-bond acceptors (Lipinski definition) is 3. The lowest BCUT2D eigenvalue weighted by molar-refractivity contribution is -0.274. The second-order valence-electron chi connectivity index (χ2n) is 5.32. The van der Waals surface area contributed by atoms with E-state index >= 15 is 0 Å². The highest BCUT2D eigenvalue weighted by Gasteiger charge is 2.30. The van der Waals surface area contributed by atoms with E-state index in [0.29, 0.717) is 17.9 Å². The molecule has 0 saturated carbocycles. The standard InChI is InChI=1S/C15H18F3NO2/c16-15(17,18)21-14-5-3-11(4-6-14)8-13(20)9-12-2-1-7-19-10-12/h3-6,12,19H,1-2,7-10H2. The first-order valence-electron chi connectivity index (χ1n) is 6.99. The van der Waals surface area contributed by atoms with Gasteiger partial charge < -0.3 is 10.1 Å². The van der Waals surface area contributed by atoms with Crippen LogP contribution in [0, 0.1) is 5.92 Å². The zero-order valence-electron chi connectivity index (χ0n) is 11.6. The predicted molar refractivity (Wildman–Crippen MR) is 72.0 cm³/mol. The van der Waals surface area contributed by atoms with E-state index in [1.807, 2.05) is 0 Å². The van der Waals surface area contributed by atoms with E-state index in [0.717, 1.165) is 25.9 Å². The van der Waals surface area contributed by atoms with Crippen LogP contribution in [-0.4, -0.2) is 25.2 Å². The molecule has 1 aliphatic heterocycles. The molecule has 1 saturated heterocycles. The van der Waals surface area contributed by atoms with Gasteiger partial charge in [0.15, 0.2) is 0 Å². The van der Waals surface area contributed by atoms with Crippen LogP contribution in [0.15, 0.2) is 24.3 Å². The second kappa shape index (κ2) is 6.93. The minimum absolute atomic E-state index is 0.119. The zero-order chi connectivity index (χ0) is 15.3. The van der Waals surface area contributed by atoms with E-state index in [9.17, 15) is 18.0 Å². The Hall–Kier alpha value is -1.56. The van der Waals surface area contributed by atoms with E-state index in [1.54, 1.807) is 0 Å². The molecule has 1 N–H and O–H groups in total. The lowest BCUT2D eigenvalue weighted by Gasteiger charge is -2.21. The van der Waals surface area contributed by atoms with Crippen molar-refractivity contribution in [1.29, 1.82) is 0 Å². The Morgan fingerprint density at radius 1 is 1.29 bits per heavy atom. The van der Waals surface area contributed by atoms with Crippen molar-refractivity contribution >= 4 is 5.78 Å². The van der Waals surface area contributed by atoms with Crippen LogP contribution in [0.25, 0.3) is 0 Å². The Bertz CT molecular complexity index is 465. The molecule has 1 fully saturated rings. The van der Waals surface area contributed by atoms with Crippen molar-refractivity contribution < 1.29 is 22.7 Å². The summed E-state index contributed by atoms with van der Waals surface area (Å²) in [6.07, 6.45) is -1.78. The van der Waals surface area contributed by atoms with Gasteiger partial charge in [0, 0.05) is 12.8 Å². The number of benzene rings is 1. The lowest BCUT2D eigenvalue weighted by atomic mass is 9.92. The molecule has 1 aromatic carbocycles. The van der Waals surface area contributed by atoms with Gasteiger partial charge in [-0.2, -0.15) is 0 Å². The summed E-state index contributed by atoms with van der Waals surface area (Å²) in [7, 11) is 0. The smallest absolute Gasteiger partial charge is 0.406 e. The van der Waals surface area contributed by atoms with Gasteiger partial charge in [-0.25, -0.2) is 0 Å². The Morgan fingerprint density at radius 3 is 2.57 bits per heavy atom. The molecule has 0 amide bonds. The van der Waals surface area contributed by atoms with E-state index in [2.05, 4.69) is 10.1 Å². The summed E-state index contributed by atoms with van der Waals surface area (Å²) in [5.41, 5.74) is 0.707. The normalized spacial score (nSPS) is 19.3. The highest BCUT2D eigenvalue weighted by molar-refractivity contribution is 5.81. The van der Waals surface area contributed by atoms with Crippen molar-refractivity contribution in [2.75, 3.05) is 13.1 Å². The Morgan fingerprint density at radius 2 is 2.00 bits per heavy atom. The Balaban J connectivity index is 1.83. The van der Waals surface area contributed by atoms with Crippen LogP contribution in [0.5, 0.6) is 5.75 Å². The van der Waals surface area contributed by atoms with Crippen molar-refractivity contribution in [2.24, 2.45) is 5.92 Å². The molecule has 0 aromatic heterocycles. The molecule has 1 atom stereocenters. The third-order valence-electron chi connectivity index (χ3n) is 3.47. The first-order chi connectivity index (χ1) is 9.92. The minimum Gasteiger partial charge on any atom is -0.406 e. The van der Waals surface area contributed by atoms with Gasteiger partial charge in [-0.3, -0.25) is 4.79 Å². The molecule has 0 radical (unpaired) electrons. The number of carbonyl (C=O) groups excluding carboxylic acids is 1. The minimum atomic E-state index is -4.69. The van der Waals surface area contributed by atoms with Gasteiger partial charge in [0.25, 0.3) is 0 Å². The van der Waals surface area contributed by atoms with Gasteiger partial charge in [0.05, 0.1) is 0 Å². The van der Waals surface area contributed by atoms with Gasteiger partial charge in [0.1, 0.15) is 11.5 Å². The SMILES string of the molecule is O=C(Cc1ccc(OC(F)(F)F)cc1)CC1CCCNC1. The molecule has 21 heavy (non-hydrogen) atoms. The fourth-order valence-electron chi connectivity index (χ4n) is 2.53. The number of piperidine rings is 1. The summed E-state index contributed by atoms with van der Waals surface area (Å²) in [5.74, 6) is 0.224. The van der Waals surface area contributed by atoms with Crippen molar-refractivity contribution in [3.8, 4) is 5.75 Å². The van der Waals surface area contributed by atoms with E-state index in [4.69, 9.17) is 0 Å². The quantitative estimate of drug-likeness (QED) is 0.908. The van der Waals surface area contributed by atoms with Crippen LogP contribution in [0.3, 0.4) is 0 Å². The maximum atomic E-state index is 12.0. The highest BCUT2D eigenvalue weighted by Crippen LogP contribution is 2.23. The van der Waals surface area contributed by atoms with Gasteiger partial charge in [-0.05, 0) is 49.5 Å². The van der Waals surface area contributed by atoms with Crippen molar-refractivity contribution in [2.45, 2.75) is 32.0 Å². The van der Waals surface area contributed by atoms with Crippen LogP contribution in [0.4, 0.5) is 13.2 Å². The molecule has 0 spiro atoms. The predicted octanol–water partition coefficient (Wildman–Crippen LogP) is 3.09. The monoisotopic (exact) mass is 301 g/mol. The summed E-state index contributed by atoms with van der Waals surface area (Å²) in [4.78, 5) is 12.0. The third-order valence-corrected chi connectivity index (χ3v) is 3.47. The number of alkyl halides is 3. The average Bonchev–Trinajstić information content (AvgIpc) is 2.40. The molecule has 3 nitrogen and oxygen atoms in total. The third kappa shape index (κ3) is 5.75. The van der Waals surface area contributed by atoms with Gasteiger partial charge in [-0.1, -0.05) is 12.1 Å². The maximum absolute atomic E-state index is 12.0. The van der Waals surface area contributed by atoms with Crippen LogP contribution in [-0.2, 0) is 11.2 Å². The molecule has 116 valence electrons. The molecule has 0 bridgehead atoms. The van der Waals surface area contributed by atoms with Crippen molar-refractivity contribution in [3.05, 3.63) is 29.8 Å². The number of carbonyl (C=O) groups is 1. The van der Waals surface area contributed by atoms with Crippen LogP contribution >= 0.6 is 0 Å². The molecule has 1 aliphatic rings. The molecule has 1 aromatic rings. The van der Waals surface area contributed by atoms with E-state index in [1.165, 1.54) is 24.3 Å². The number of halogens is 3. The highest BCUT2D eigenvalue weighted by atomic mass is 19.4. The van der Waals surface area contributed by atoms with Crippen LogP contribution < -0.4 is 10.1 Å². The first-order valence-corrected chi connectivity index (χ1v) is 6.99. The Labute approximate surface area is 121 Å². The summed E-state index contributed by atoms with van der Waals surface area (Å²) >= 11 is 0. The first kappa shape index (κ1) is 15.8. The molecule has 6 heteroatoms. The number of hydrogen-bond donors (Lipinski definition) is 1. The van der Waals surface area contributed by atoms with Gasteiger partial charge in [-0.15, -0.1) is 13.2 Å². The lowest BCUT2D eigenvalue weighted by Crippen LogP contribution is -2.31. The number of Topliss-reactive ketones (excluding diaryl/α,β-unsaturated/α-hetero) is 1. The number of ether oxygens (including phenoxy) is 1. The maximum Gasteiger partial charge on any atom is 0.573 e.